The minimum Gasteiger partial charge on any atom is -0.378 e. The Morgan fingerprint density at radius 3 is 2.66 bits per heavy atom. The first-order valence-electron chi connectivity index (χ1n) is 11.1. The van der Waals surface area contributed by atoms with Gasteiger partial charge in [0.1, 0.15) is 17.5 Å². The van der Waals surface area contributed by atoms with Crippen molar-refractivity contribution < 1.29 is 18.8 Å². The predicted molar refractivity (Wildman–Crippen MR) is 128 cm³/mol. The number of carbonyl (C=O) groups is 1. The zero-order valence-corrected chi connectivity index (χ0v) is 18.9. The van der Waals surface area contributed by atoms with Gasteiger partial charge in [0.25, 0.3) is 11.6 Å². The monoisotopic (exact) mass is 474 g/mol. The molecule has 1 fully saturated rings. The largest absolute Gasteiger partial charge is 0.378 e. The van der Waals surface area contributed by atoms with Crippen molar-refractivity contribution in [2.45, 2.75) is 12.8 Å². The lowest BCUT2D eigenvalue weighted by Crippen LogP contribution is -2.36. The van der Waals surface area contributed by atoms with Crippen molar-refractivity contribution in [3.8, 4) is 6.07 Å². The minimum absolute atomic E-state index is 0.00119. The topological polar surface area (TPSA) is 108 Å². The van der Waals surface area contributed by atoms with E-state index in [1.165, 1.54) is 30.3 Å². The highest BCUT2D eigenvalue weighted by Gasteiger charge is 2.26. The van der Waals surface area contributed by atoms with Gasteiger partial charge in [-0.1, -0.05) is 24.3 Å². The number of anilines is 1. The maximum Gasteiger partial charge on any atom is 0.270 e. The van der Waals surface area contributed by atoms with E-state index in [0.29, 0.717) is 44.7 Å². The number of halogens is 1. The number of rotatable bonds is 6. The smallest absolute Gasteiger partial charge is 0.270 e. The van der Waals surface area contributed by atoms with Crippen molar-refractivity contribution in [2.75, 3.05) is 31.6 Å². The third kappa shape index (κ3) is 5.62. The molecule has 178 valence electrons. The molecule has 8 nitrogen and oxygen atoms in total. The van der Waals surface area contributed by atoms with E-state index < -0.39 is 16.6 Å². The third-order valence-corrected chi connectivity index (χ3v) is 5.83. The Labute approximate surface area is 201 Å². The summed E-state index contributed by atoms with van der Waals surface area (Å²) in [5.41, 5.74) is 3.23. The fraction of sp³-hybridized carbons (Fsp3) is 0.231. The lowest BCUT2D eigenvalue weighted by molar-refractivity contribution is -0.384. The predicted octanol–water partition coefficient (Wildman–Crippen LogP) is 4.59. The number of nitriles is 1. The van der Waals surface area contributed by atoms with Gasteiger partial charge in [-0.2, -0.15) is 5.26 Å². The first kappa shape index (κ1) is 23.9. The number of hydrogen-bond donors (Lipinski definition) is 1. The number of non-ortho nitro benzene ring substituents is 1. The van der Waals surface area contributed by atoms with Crippen molar-refractivity contribution >= 4 is 23.4 Å². The highest BCUT2D eigenvalue weighted by Crippen LogP contribution is 2.37. The zero-order valence-electron chi connectivity index (χ0n) is 18.9. The van der Waals surface area contributed by atoms with E-state index in [4.69, 9.17) is 4.74 Å². The Kier molecular flexibility index (Phi) is 7.33. The van der Waals surface area contributed by atoms with Gasteiger partial charge < -0.3 is 15.0 Å². The van der Waals surface area contributed by atoms with E-state index >= 15 is 0 Å². The summed E-state index contributed by atoms with van der Waals surface area (Å²) in [6, 6.07) is 14.1. The van der Waals surface area contributed by atoms with Gasteiger partial charge in [0.05, 0.1) is 23.8 Å². The molecule has 2 aromatic rings. The number of nitro groups is 1. The molecule has 2 aliphatic rings. The summed E-state index contributed by atoms with van der Waals surface area (Å²) in [6.07, 6.45) is 4.69. The SMILES string of the molecule is N#C/C(=C/C1=C(N2CCOCC2)C(=C/c2cccc([N+](=O)[O-])c2)/CC1)C(=O)Nc1ccccc1F. The van der Waals surface area contributed by atoms with Crippen LogP contribution in [0.1, 0.15) is 18.4 Å². The number of nitrogens with one attached hydrogen (secondary N) is 1. The lowest BCUT2D eigenvalue weighted by atomic mass is 10.1. The van der Waals surface area contributed by atoms with E-state index in [1.807, 2.05) is 12.1 Å². The van der Waals surface area contributed by atoms with Crippen LogP contribution in [-0.4, -0.2) is 42.0 Å². The van der Waals surface area contributed by atoms with Crippen LogP contribution in [0.4, 0.5) is 15.8 Å². The molecule has 2 aromatic carbocycles. The van der Waals surface area contributed by atoms with Gasteiger partial charge in [-0.3, -0.25) is 14.9 Å². The van der Waals surface area contributed by atoms with Crippen molar-refractivity contribution in [3.63, 3.8) is 0 Å². The molecule has 1 N–H and O–H groups in total. The van der Waals surface area contributed by atoms with Crippen LogP contribution in [0.2, 0.25) is 0 Å². The van der Waals surface area contributed by atoms with Crippen LogP contribution < -0.4 is 5.32 Å². The van der Waals surface area contributed by atoms with Gasteiger partial charge in [0, 0.05) is 30.9 Å². The summed E-state index contributed by atoms with van der Waals surface area (Å²) >= 11 is 0. The van der Waals surface area contributed by atoms with Gasteiger partial charge in [-0.25, -0.2) is 4.39 Å². The van der Waals surface area contributed by atoms with E-state index in [0.717, 1.165) is 16.8 Å². The number of nitrogens with zero attached hydrogens (tertiary/aromatic N) is 3. The molecule has 1 aliphatic carbocycles. The molecule has 0 atom stereocenters. The maximum atomic E-state index is 14.0. The van der Waals surface area contributed by atoms with Crippen molar-refractivity contribution in [1.82, 2.24) is 4.90 Å². The number of allylic oxidation sites excluding steroid dienone is 3. The van der Waals surface area contributed by atoms with Crippen molar-refractivity contribution in [2.24, 2.45) is 0 Å². The number of morpholine rings is 1. The maximum absolute atomic E-state index is 14.0. The second-order valence-corrected chi connectivity index (χ2v) is 8.10. The van der Waals surface area contributed by atoms with Crippen LogP contribution in [0.25, 0.3) is 6.08 Å². The van der Waals surface area contributed by atoms with Crippen LogP contribution in [-0.2, 0) is 9.53 Å². The van der Waals surface area contributed by atoms with Gasteiger partial charge in [0.15, 0.2) is 0 Å². The van der Waals surface area contributed by atoms with Crippen molar-refractivity contribution in [1.29, 1.82) is 5.26 Å². The van der Waals surface area contributed by atoms with Gasteiger partial charge in [-0.15, -0.1) is 0 Å². The molecule has 0 saturated carbocycles. The van der Waals surface area contributed by atoms with E-state index in [9.17, 15) is 24.6 Å². The molecule has 0 unspecified atom stereocenters. The molecule has 1 aliphatic heterocycles. The average Bonchev–Trinajstić information content (AvgIpc) is 3.26. The lowest BCUT2D eigenvalue weighted by Gasteiger charge is -2.31. The number of benzene rings is 2. The summed E-state index contributed by atoms with van der Waals surface area (Å²) in [5.74, 6) is -1.28. The molecule has 4 rings (SSSR count). The van der Waals surface area contributed by atoms with E-state index in [2.05, 4.69) is 10.2 Å². The summed E-state index contributed by atoms with van der Waals surface area (Å²) in [5, 5.41) is 23.3. The fourth-order valence-electron chi connectivity index (χ4n) is 4.19. The highest BCUT2D eigenvalue weighted by molar-refractivity contribution is 6.07. The summed E-state index contributed by atoms with van der Waals surface area (Å²) < 4.78 is 19.5. The molecule has 0 aromatic heterocycles. The second kappa shape index (κ2) is 10.8. The molecular formula is C26H23FN4O4. The number of carbonyl (C=O) groups excluding carboxylic acids is 1. The second-order valence-electron chi connectivity index (χ2n) is 8.10. The van der Waals surface area contributed by atoms with Crippen LogP contribution in [0.3, 0.4) is 0 Å². The quantitative estimate of drug-likeness (QED) is 0.284. The van der Waals surface area contributed by atoms with E-state index in [1.54, 1.807) is 24.3 Å². The molecule has 0 spiro atoms. The van der Waals surface area contributed by atoms with Gasteiger partial charge >= 0.3 is 0 Å². The molecule has 1 heterocycles. The molecule has 0 radical (unpaired) electrons. The standard InChI is InChI=1S/C26H23FN4O4/c27-23-6-1-2-7-24(23)29-26(32)21(17-28)16-20-9-8-19(25(20)30-10-12-35-13-11-30)14-18-4-3-5-22(15-18)31(33)34/h1-7,14-16H,8-13H2,(H,29,32)/b19-14+,21-16-. The number of amides is 1. The van der Waals surface area contributed by atoms with Gasteiger partial charge in [0.2, 0.25) is 0 Å². The summed E-state index contributed by atoms with van der Waals surface area (Å²) in [6.45, 7) is 2.37. The molecular weight excluding hydrogens is 451 g/mol. The van der Waals surface area contributed by atoms with Crippen molar-refractivity contribution in [3.05, 3.63) is 98.5 Å². The Morgan fingerprint density at radius 1 is 1.17 bits per heavy atom. The molecule has 1 saturated heterocycles. The Morgan fingerprint density at radius 2 is 1.94 bits per heavy atom. The Hall–Kier alpha value is -4.29. The third-order valence-electron chi connectivity index (χ3n) is 5.83. The number of hydrogen-bond acceptors (Lipinski definition) is 6. The first-order valence-corrected chi connectivity index (χ1v) is 11.1. The first-order chi connectivity index (χ1) is 17.0. The normalized spacial score (nSPS) is 17.4. The number of para-hydroxylation sites is 1. The fourth-order valence-corrected chi connectivity index (χ4v) is 4.19. The molecule has 35 heavy (non-hydrogen) atoms. The number of ether oxygens (including phenoxy) is 1. The van der Waals surface area contributed by atoms with Gasteiger partial charge in [-0.05, 0) is 53.8 Å². The van der Waals surface area contributed by atoms with Crippen LogP contribution in [0.5, 0.6) is 0 Å². The molecule has 9 heteroatoms. The van der Waals surface area contributed by atoms with Crippen LogP contribution in [0.15, 0.2) is 77.0 Å². The Balaban J connectivity index is 1.70. The summed E-state index contributed by atoms with van der Waals surface area (Å²) in [4.78, 5) is 25.6. The molecule has 1 amide bonds. The van der Waals surface area contributed by atoms with E-state index in [-0.39, 0.29) is 16.9 Å². The highest BCUT2D eigenvalue weighted by atomic mass is 19.1. The zero-order chi connectivity index (χ0) is 24.8. The average molecular weight is 474 g/mol. The van der Waals surface area contributed by atoms with Crippen LogP contribution in [0, 0.1) is 27.3 Å². The number of nitro benzene ring substituents is 1. The minimum atomic E-state index is -0.692. The summed E-state index contributed by atoms with van der Waals surface area (Å²) in [7, 11) is 0. The molecule has 0 bridgehead atoms. The van der Waals surface area contributed by atoms with Crippen LogP contribution >= 0.6 is 0 Å². The Bertz CT molecular complexity index is 1290.